The second-order valence-corrected chi connectivity index (χ2v) is 4.16. The van der Waals surface area contributed by atoms with Crippen LogP contribution >= 0.6 is 11.3 Å². The Labute approximate surface area is 88.4 Å². The predicted molar refractivity (Wildman–Crippen MR) is 62.5 cm³/mol. The van der Waals surface area contributed by atoms with Crippen molar-refractivity contribution >= 4 is 11.3 Å². The zero-order chi connectivity index (χ0) is 9.80. The monoisotopic (exact) mass is 203 g/mol. The Kier molecular flexibility index (Phi) is 2.96. The van der Waals surface area contributed by atoms with E-state index in [1.165, 1.54) is 16.0 Å². The minimum absolute atomic E-state index is 0.930. The van der Waals surface area contributed by atoms with E-state index in [9.17, 15) is 0 Å². The first-order chi connectivity index (χ1) is 6.90. The third-order valence-corrected chi connectivity index (χ3v) is 3.03. The van der Waals surface area contributed by atoms with Crippen molar-refractivity contribution in [1.82, 2.24) is 5.32 Å². The van der Waals surface area contributed by atoms with Gasteiger partial charge >= 0.3 is 0 Å². The van der Waals surface area contributed by atoms with Gasteiger partial charge in [-0.3, -0.25) is 0 Å². The Morgan fingerprint density at radius 3 is 2.86 bits per heavy atom. The maximum absolute atomic E-state index is 3.16. The summed E-state index contributed by atoms with van der Waals surface area (Å²) >= 11 is 1.78. The third-order valence-electron chi connectivity index (χ3n) is 2.11. The minimum Gasteiger partial charge on any atom is -0.316 e. The maximum atomic E-state index is 3.16. The van der Waals surface area contributed by atoms with Crippen molar-refractivity contribution in [2.24, 2.45) is 0 Å². The SMILES string of the molecule is CNCc1cccc(-c2cccs2)c1. The van der Waals surface area contributed by atoms with E-state index < -0.39 is 0 Å². The number of rotatable bonds is 3. The van der Waals surface area contributed by atoms with Crippen LogP contribution in [0.2, 0.25) is 0 Å². The lowest BCUT2D eigenvalue weighted by atomic mass is 10.1. The van der Waals surface area contributed by atoms with Gasteiger partial charge in [-0.25, -0.2) is 0 Å². The van der Waals surface area contributed by atoms with Crippen LogP contribution in [0.25, 0.3) is 10.4 Å². The Hall–Kier alpha value is -1.12. The molecular weight excluding hydrogens is 190 g/mol. The van der Waals surface area contributed by atoms with Gasteiger partial charge in [0.05, 0.1) is 0 Å². The molecule has 1 aromatic heterocycles. The van der Waals surface area contributed by atoms with Gasteiger partial charge in [0, 0.05) is 11.4 Å². The van der Waals surface area contributed by atoms with Crippen molar-refractivity contribution in [3.8, 4) is 10.4 Å². The van der Waals surface area contributed by atoms with Gasteiger partial charge in [-0.15, -0.1) is 11.3 Å². The highest BCUT2D eigenvalue weighted by atomic mass is 32.1. The number of thiophene rings is 1. The zero-order valence-electron chi connectivity index (χ0n) is 8.16. The van der Waals surface area contributed by atoms with Gasteiger partial charge < -0.3 is 5.32 Å². The molecule has 0 unspecified atom stereocenters. The number of hydrogen-bond donors (Lipinski definition) is 1. The second kappa shape index (κ2) is 4.40. The van der Waals surface area contributed by atoms with E-state index in [4.69, 9.17) is 0 Å². The molecule has 1 heterocycles. The fourth-order valence-electron chi connectivity index (χ4n) is 1.48. The van der Waals surface area contributed by atoms with Crippen LogP contribution in [-0.4, -0.2) is 7.05 Å². The van der Waals surface area contributed by atoms with E-state index in [2.05, 4.69) is 47.1 Å². The molecule has 0 bridgehead atoms. The van der Waals surface area contributed by atoms with Crippen molar-refractivity contribution < 1.29 is 0 Å². The van der Waals surface area contributed by atoms with E-state index in [-0.39, 0.29) is 0 Å². The molecular formula is C12H13NS. The quantitative estimate of drug-likeness (QED) is 0.808. The molecule has 0 spiro atoms. The van der Waals surface area contributed by atoms with Crippen molar-refractivity contribution in [2.75, 3.05) is 7.05 Å². The lowest BCUT2D eigenvalue weighted by Crippen LogP contribution is -2.04. The van der Waals surface area contributed by atoms with Crippen LogP contribution in [0.4, 0.5) is 0 Å². The molecule has 0 aliphatic heterocycles. The Morgan fingerprint density at radius 2 is 2.14 bits per heavy atom. The van der Waals surface area contributed by atoms with Crippen LogP contribution in [0.3, 0.4) is 0 Å². The summed E-state index contributed by atoms with van der Waals surface area (Å²) in [7, 11) is 1.97. The molecule has 0 saturated carbocycles. The van der Waals surface area contributed by atoms with E-state index >= 15 is 0 Å². The third kappa shape index (κ3) is 2.03. The largest absolute Gasteiger partial charge is 0.316 e. The number of hydrogen-bond acceptors (Lipinski definition) is 2. The topological polar surface area (TPSA) is 12.0 Å². The first kappa shape index (κ1) is 9.44. The average Bonchev–Trinajstić information content (AvgIpc) is 2.71. The zero-order valence-corrected chi connectivity index (χ0v) is 8.97. The molecule has 2 heteroatoms. The molecule has 1 N–H and O–H groups in total. The van der Waals surface area contributed by atoms with Gasteiger partial charge in [-0.05, 0) is 35.7 Å². The van der Waals surface area contributed by atoms with Gasteiger partial charge in [-0.1, -0.05) is 24.3 Å². The summed E-state index contributed by atoms with van der Waals surface area (Å²) in [4.78, 5) is 1.34. The molecule has 1 nitrogen and oxygen atoms in total. The smallest absolute Gasteiger partial charge is 0.0342 e. The van der Waals surface area contributed by atoms with Gasteiger partial charge in [0.1, 0.15) is 0 Å². The molecule has 2 aromatic rings. The first-order valence-electron chi connectivity index (χ1n) is 4.67. The molecule has 0 aliphatic carbocycles. The molecule has 0 atom stereocenters. The van der Waals surface area contributed by atoms with E-state index in [0.29, 0.717) is 0 Å². The van der Waals surface area contributed by atoms with Crippen molar-refractivity contribution in [1.29, 1.82) is 0 Å². The molecule has 0 radical (unpaired) electrons. The Balaban J connectivity index is 2.31. The molecule has 0 fully saturated rings. The number of nitrogens with one attached hydrogen (secondary N) is 1. The first-order valence-corrected chi connectivity index (χ1v) is 5.55. The molecule has 2 rings (SSSR count). The highest BCUT2D eigenvalue weighted by molar-refractivity contribution is 7.13. The standard InChI is InChI=1S/C12H13NS/c1-13-9-10-4-2-5-11(8-10)12-6-3-7-14-12/h2-8,13H,9H2,1H3. The molecule has 0 aliphatic rings. The molecule has 0 saturated heterocycles. The summed E-state index contributed by atoms with van der Waals surface area (Å²) in [6.45, 7) is 0.930. The van der Waals surface area contributed by atoms with Crippen molar-refractivity contribution in [2.45, 2.75) is 6.54 Å². The Morgan fingerprint density at radius 1 is 1.21 bits per heavy atom. The van der Waals surface area contributed by atoms with Crippen LogP contribution < -0.4 is 5.32 Å². The van der Waals surface area contributed by atoms with Crippen LogP contribution in [0.15, 0.2) is 41.8 Å². The summed E-state index contributed by atoms with van der Waals surface area (Å²) in [6, 6.07) is 12.9. The summed E-state index contributed by atoms with van der Waals surface area (Å²) in [5.74, 6) is 0. The fourth-order valence-corrected chi connectivity index (χ4v) is 2.21. The van der Waals surface area contributed by atoms with Gasteiger partial charge in [0.15, 0.2) is 0 Å². The highest BCUT2D eigenvalue weighted by Crippen LogP contribution is 2.24. The van der Waals surface area contributed by atoms with Crippen LogP contribution in [0.1, 0.15) is 5.56 Å². The molecule has 72 valence electrons. The fraction of sp³-hybridized carbons (Fsp3) is 0.167. The summed E-state index contributed by atoms with van der Waals surface area (Å²) in [5.41, 5.74) is 2.64. The summed E-state index contributed by atoms with van der Waals surface area (Å²) < 4.78 is 0. The van der Waals surface area contributed by atoms with Crippen molar-refractivity contribution in [3.05, 3.63) is 47.3 Å². The lowest BCUT2D eigenvalue weighted by Gasteiger charge is -2.02. The van der Waals surface area contributed by atoms with E-state index in [1.807, 2.05) is 7.05 Å². The second-order valence-electron chi connectivity index (χ2n) is 3.21. The minimum atomic E-state index is 0.930. The summed E-state index contributed by atoms with van der Waals surface area (Å²) in [6.07, 6.45) is 0. The summed E-state index contributed by atoms with van der Waals surface area (Å²) in [5, 5.41) is 5.27. The Bertz CT molecular complexity index is 392. The number of benzene rings is 1. The van der Waals surface area contributed by atoms with Crippen LogP contribution in [0.5, 0.6) is 0 Å². The normalized spacial score (nSPS) is 10.4. The van der Waals surface area contributed by atoms with Gasteiger partial charge in [0.2, 0.25) is 0 Å². The molecule has 0 amide bonds. The van der Waals surface area contributed by atoms with Crippen LogP contribution in [-0.2, 0) is 6.54 Å². The highest BCUT2D eigenvalue weighted by Gasteiger charge is 1.98. The molecule has 1 aromatic carbocycles. The average molecular weight is 203 g/mol. The van der Waals surface area contributed by atoms with Crippen LogP contribution in [0, 0.1) is 0 Å². The molecule has 14 heavy (non-hydrogen) atoms. The van der Waals surface area contributed by atoms with Gasteiger partial charge in [-0.2, -0.15) is 0 Å². The van der Waals surface area contributed by atoms with Gasteiger partial charge in [0.25, 0.3) is 0 Å². The van der Waals surface area contributed by atoms with E-state index in [0.717, 1.165) is 6.54 Å². The maximum Gasteiger partial charge on any atom is 0.0342 e. The predicted octanol–water partition coefficient (Wildman–Crippen LogP) is 3.13. The lowest BCUT2D eigenvalue weighted by molar-refractivity contribution is 0.818. The van der Waals surface area contributed by atoms with Crippen molar-refractivity contribution in [3.63, 3.8) is 0 Å². The van der Waals surface area contributed by atoms with E-state index in [1.54, 1.807) is 11.3 Å².